The summed E-state index contributed by atoms with van der Waals surface area (Å²) < 4.78 is 5.78. The molecule has 0 radical (unpaired) electrons. The molecule has 0 aliphatic carbocycles. The molecule has 30 heavy (non-hydrogen) atoms. The number of amides is 1. The van der Waals surface area contributed by atoms with E-state index in [1.807, 2.05) is 30.3 Å². The highest BCUT2D eigenvalue weighted by Crippen LogP contribution is 2.24. The highest BCUT2D eigenvalue weighted by Gasteiger charge is 2.20. The predicted molar refractivity (Wildman–Crippen MR) is 113 cm³/mol. The highest BCUT2D eigenvalue weighted by molar-refractivity contribution is 5.94. The zero-order valence-electron chi connectivity index (χ0n) is 16.5. The molecule has 2 N–H and O–H groups in total. The summed E-state index contributed by atoms with van der Waals surface area (Å²) in [5.74, 6) is 1.28. The zero-order valence-corrected chi connectivity index (χ0v) is 16.5. The number of imidazole rings is 1. The lowest BCUT2D eigenvalue weighted by atomic mass is 10.0. The van der Waals surface area contributed by atoms with Gasteiger partial charge in [0.1, 0.15) is 11.6 Å². The maximum absolute atomic E-state index is 12.9. The number of aromatic nitrogens is 2. The van der Waals surface area contributed by atoms with Crippen LogP contribution in [0.25, 0.3) is 11.3 Å². The van der Waals surface area contributed by atoms with E-state index in [2.05, 4.69) is 15.3 Å². The fraction of sp³-hybridized carbons (Fsp3) is 0.125. The molecule has 2 aromatic carbocycles. The lowest BCUT2D eigenvalue weighted by Crippen LogP contribution is -2.30. The van der Waals surface area contributed by atoms with Crippen LogP contribution in [0.2, 0.25) is 0 Å². The lowest BCUT2D eigenvalue weighted by molar-refractivity contribution is 0.0908. The van der Waals surface area contributed by atoms with Crippen molar-refractivity contribution < 1.29 is 14.0 Å². The number of benzene rings is 2. The summed E-state index contributed by atoms with van der Waals surface area (Å²) in [6.07, 6.45) is 3.98. The summed E-state index contributed by atoms with van der Waals surface area (Å²) in [6, 6.07) is 20.0. The van der Waals surface area contributed by atoms with E-state index in [0.29, 0.717) is 17.7 Å². The molecular weight excluding hydrogens is 378 g/mol. The summed E-state index contributed by atoms with van der Waals surface area (Å²) in [7, 11) is 0. The van der Waals surface area contributed by atoms with Gasteiger partial charge < -0.3 is 14.7 Å². The number of rotatable bonds is 7. The van der Waals surface area contributed by atoms with Gasteiger partial charge in [0.2, 0.25) is 0 Å². The Morgan fingerprint density at radius 2 is 1.80 bits per heavy atom. The van der Waals surface area contributed by atoms with Crippen LogP contribution in [0.4, 0.5) is 0 Å². The second-order valence-electron chi connectivity index (χ2n) is 6.97. The lowest BCUT2D eigenvalue weighted by Gasteiger charge is -2.17. The van der Waals surface area contributed by atoms with E-state index in [-0.39, 0.29) is 23.5 Å². The van der Waals surface area contributed by atoms with Gasteiger partial charge >= 0.3 is 0 Å². The average molecular weight is 399 g/mol. The molecule has 1 atom stereocenters. The van der Waals surface area contributed by atoms with Crippen molar-refractivity contribution in [3.8, 4) is 11.3 Å². The van der Waals surface area contributed by atoms with Gasteiger partial charge in [-0.25, -0.2) is 4.98 Å². The van der Waals surface area contributed by atoms with Crippen LogP contribution in [0.15, 0.2) is 83.5 Å². The van der Waals surface area contributed by atoms with Gasteiger partial charge in [0.05, 0.1) is 6.04 Å². The van der Waals surface area contributed by atoms with Gasteiger partial charge in [0, 0.05) is 29.9 Å². The van der Waals surface area contributed by atoms with E-state index in [1.165, 1.54) is 6.92 Å². The molecule has 2 heterocycles. The van der Waals surface area contributed by atoms with E-state index >= 15 is 0 Å². The van der Waals surface area contributed by atoms with Crippen LogP contribution in [0.5, 0.6) is 0 Å². The fourth-order valence-electron chi connectivity index (χ4n) is 3.25. The number of aromatic amines is 1. The molecule has 4 aromatic rings. The van der Waals surface area contributed by atoms with Crippen molar-refractivity contribution in [3.63, 3.8) is 0 Å². The Balaban J connectivity index is 1.52. The van der Waals surface area contributed by atoms with Crippen molar-refractivity contribution in [2.75, 3.05) is 0 Å². The second kappa shape index (κ2) is 8.61. The van der Waals surface area contributed by atoms with E-state index in [0.717, 1.165) is 17.0 Å². The van der Waals surface area contributed by atoms with Gasteiger partial charge in [-0.2, -0.15) is 0 Å². The van der Waals surface area contributed by atoms with E-state index in [4.69, 9.17) is 4.42 Å². The van der Waals surface area contributed by atoms with Crippen LogP contribution in [0.3, 0.4) is 0 Å². The van der Waals surface area contributed by atoms with Crippen molar-refractivity contribution in [2.24, 2.45) is 0 Å². The molecule has 1 unspecified atom stereocenters. The molecule has 150 valence electrons. The van der Waals surface area contributed by atoms with Crippen molar-refractivity contribution in [3.05, 3.63) is 102 Å². The van der Waals surface area contributed by atoms with Crippen LogP contribution in [0, 0.1) is 0 Å². The monoisotopic (exact) mass is 399 g/mol. The fourth-order valence-corrected chi connectivity index (χ4v) is 3.25. The first-order valence-corrected chi connectivity index (χ1v) is 9.65. The summed E-state index contributed by atoms with van der Waals surface area (Å²) in [6.45, 7) is 1.52. The van der Waals surface area contributed by atoms with E-state index in [1.54, 1.807) is 48.8 Å². The van der Waals surface area contributed by atoms with Crippen LogP contribution < -0.4 is 5.32 Å². The minimum absolute atomic E-state index is 0.00423. The van der Waals surface area contributed by atoms with Crippen LogP contribution in [-0.2, 0) is 6.42 Å². The predicted octanol–water partition coefficient (Wildman–Crippen LogP) is 4.59. The van der Waals surface area contributed by atoms with Gasteiger partial charge in [-0.15, -0.1) is 0 Å². The number of nitrogens with one attached hydrogen (secondary N) is 2. The van der Waals surface area contributed by atoms with Gasteiger partial charge in [-0.05, 0) is 24.6 Å². The standard InChI is InChI=1S/C24H21N3O3/c1-16(28)17-7-9-19(10-8-17)21-11-12-22(30-21)24(29)27-20(15-23-25-13-14-26-23)18-5-3-2-4-6-18/h2-14,20H,15H2,1H3,(H,25,26)(H,27,29). The Hall–Kier alpha value is -3.93. The molecule has 0 fully saturated rings. The van der Waals surface area contributed by atoms with Crippen molar-refractivity contribution in [2.45, 2.75) is 19.4 Å². The maximum Gasteiger partial charge on any atom is 0.287 e. The molecule has 1 amide bonds. The van der Waals surface area contributed by atoms with Crippen molar-refractivity contribution in [1.29, 1.82) is 0 Å². The number of Topliss-reactive ketones (excluding diaryl/α,β-unsaturated/α-hetero) is 1. The minimum Gasteiger partial charge on any atom is -0.451 e. The molecule has 2 aromatic heterocycles. The summed E-state index contributed by atoms with van der Waals surface area (Å²) in [5, 5.41) is 3.04. The number of ketones is 1. The molecule has 0 bridgehead atoms. The Morgan fingerprint density at radius 1 is 1.03 bits per heavy atom. The number of hydrogen-bond donors (Lipinski definition) is 2. The first-order valence-electron chi connectivity index (χ1n) is 9.65. The minimum atomic E-state index is -0.304. The Bertz CT molecular complexity index is 1130. The molecule has 0 aliphatic rings. The van der Waals surface area contributed by atoms with Gasteiger partial charge in [0.25, 0.3) is 5.91 Å². The Morgan fingerprint density at radius 3 is 2.47 bits per heavy atom. The quantitative estimate of drug-likeness (QED) is 0.445. The van der Waals surface area contributed by atoms with Crippen LogP contribution in [0.1, 0.15) is 45.3 Å². The average Bonchev–Trinajstić information content (AvgIpc) is 3.46. The molecule has 6 heteroatoms. The molecule has 4 rings (SSSR count). The number of nitrogens with zero attached hydrogens (tertiary/aromatic N) is 1. The van der Waals surface area contributed by atoms with Gasteiger partial charge in [-0.1, -0.05) is 54.6 Å². The first kappa shape index (κ1) is 19.4. The number of furan rings is 1. The van der Waals surface area contributed by atoms with E-state index in [9.17, 15) is 9.59 Å². The van der Waals surface area contributed by atoms with Crippen LogP contribution >= 0.6 is 0 Å². The summed E-state index contributed by atoms with van der Waals surface area (Å²) in [5.41, 5.74) is 2.41. The van der Waals surface area contributed by atoms with Crippen LogP contribution in [-0.4, -0.2) is 21.7 Å². The number of carbonyl (C=O) groups is 2. The smallest absolute Gasteiger partial charge is 0.287 e. The number of H-pyrrole nitrogens is 1. The van der Waals surface area contributed by atoms with Gasteiger partial charge in [-0.3, -0.25) is 9.59 Å². The largest absolute Gasteiger partial charge is 0.451 e. The molecular formula is C24H21N3O3. The van der Waals surface area contributed by atoms with Crippen molar-refractivity contribution in [1.82, 2.24) is 15.3 Å². The molecule has 0 aliphatic heterocycles. The molecule has 0 spiro atoms. The third kappa shape index (κ3) is 4.38. The van der Waals surface area contributed by atoms with Gasteiger partial charge in [0.15, 0.2) is 11.5 Å². The SMILES string of the molecule is CC(=O)c1ccc(-c2ccc(C(=O)NC(Cc3ncc[nH]3)c3ccccc3)o2)cc1. The first-order chi connectivity index (χ1) is 14.6. The molecule has 0 saturated heterocycles. The maximum atomic E-state index is 12.9. The molecule has 6 nitrogen and oxygen atoms in total. The highest BCUT2D eigenvalue weighted by atomic mass is 16.3. The zero-order chi connectivity index (χ0) is 20.9. The topological polar surface area (TPSA) is 88.0 Å². The molecule has 0 saturated carbocycles. The third-order valence-electron chi connectivity index (χ3n) is 4.87. The Labute approximate surface area is 174 Å². The normalized spacial score (nSPS) is 11.8. The van der Waals surface area contributed by atoms with E-state index < -0.39 is 0 Å². The summed E-state index contributed by atoms with van der Waals surface area (Å²) >= 11 is 0. The Kier molecular flexibility index (Phi) is 5.57. The summed E-state index contributed by atoms with van der Waals surface area (Å²) in [4.78, 5) is 31.7. The van der Waals surface area contributed by atoms with Crippen molar-refractivity contribution >= 4 is 11.7 Å². The second-order valence-corrected chi connectivity index (χ2v) is 6.97. The number of carbonyl (C=O) groups excluding carboxylic acids is 2. The number of hydrogen-bond acceptors (Lipinski definition) is 4. The third-order valence-corrected chi connectivity index (χ3v) is 4.87.